The topological polar surface area (TPSA) is 79.4 Å². The lowest BCUT2D eigenvalue weighted by Crippen LogP contribution is -2.59. The molecule has 3 rings (SSSR count). The van der Waals surface area contributed by atoms with Crippen LogP contribution in [0, 0.1) is 0 Å². The van der Waals surface area contributed by atoms with E-state index in [1.807, 2.05) is 17.0 Å². The number of fused-ring (bicyclic) bond motifs is 2. The third-order valence-electron chi connectivity index (χ3n) is 4.75. The Hall–Kier alpha value is -1.47. The molecule has 0 aromatic carbocycles. The number of hydrogen-bond acceptors (Lipinski definition) is 4. The fraction of sp³-hybridized carbons (Fsp3) is 0.625. The van der Waals surface area contributed by atoms with Crippen LogP contribution in [-0.2, 0) is 21.2 Å². The van der Waals surface area contributed by atoms with Crippen LogP contribution in [0.25, 0.3) is 0 Å². The van der Waals surface area contributed by atoms with Crippen LogP contribution in [0.3, 0.4) is 0 Å². The highest BCUT2D eigenvalue weighted by Crippen LogP contribution is 2.34. The number of aromatic nitrogens is 1. The van der Waals surface area contributed by atoms with Gasteiger partial charge >= 0.3 is 0 Å². The Morgan fingerprint density at radius 1 is 1.26 bits per heavy atom. The Balaban J connectivity index is 1.70. The van der Waals surface area contributed by atoms with Gasteiger partial charge in [0.1, 0.15) is 0 Å². The van der Waals surface area contributed by atoms with E-state index in [1.54, 1.807) is 12.4 Å². The van der Waals surface area contributed by atoms with Gasteiger partial charge in [-0.1, -0.05) is 0 Å². The normalized spacial score (nSPS) is 27.7. The summed E-state index contributed by atoms with van der Waals surface area (Å²) in [5.74, 6) is 0.142. The maximum Gasteiger partial charge on any atom is 0.227 e. The van der Waals surface area contributed by atoms with Crippen molar-refractivity contribution in [3.05, 3.63) is 30.1 Å². The molecule has 2 saturated heterocycles. The van der Waals surface area contributed by atoms with E-state index < -0.39 is 10.0 Å². The predicted molar refractivity (Wildman–Crippen MR) is 87.2 cm³/mol. The van der Waals surface area contributed by atoms with E-state index in [4.69, 9.17) is 0 Å². The van der Waals surface area contributed by atoms with Gasteiger partial charge < -0.3 is 4.90 Å². The predicted octanol–water partition coefficient (Wildman–Crippen LogP) is 1.09. The molecule has 7 heteroatoms. The van der Waals surface area contributed by atoms with E-state index >= 15 is 0 Å². The van der Waals surface area contributed by atoms with E-state index in [9.17, 15) is 13.2 Å². The van der Waals surface area contributed by atoms with Gasteiger partial charge in [0, 0.05) is 30.5 Å². The molecule has 0 saturated carbocycles. The molecular formula is C16H23N3O3S. The molecule has 2 aliphatic heterocycles. The number of nitrogens with one attached hydrogen (secondary N) is 1. The maximum absolute atomic E-state index is 12.7. The molecule has 1 N–H and O–H groups in total. The molecule has 126 valence electrons. The summed E-state index contributed by atoms with van der Waals surface area (Å²) in [4.78, 5) is 18.7. The van der Waals surface area contributed by atoms with Gasteiger partial charge in [0.25, 0.3) is 0 Å². The summed E-state index contributed by atoms with van der Waals surface area (Å²) in [7, 11) is -3.20. The summed E-state index contributed by atoms with van der Waals surface area (Å²) >= 11 is 0. The molecule has 6 nitrogen and oxygen atoms in total. The summed E-state index contributed by atoms with van der Waals surface area (Å²) in [5, 5.41) is 0. The molecule has 3 heterocycles. The number of sulfonamides is 1. The third-order valence-corrected chi connectivity index (χ3v) is 5.51. The van der Waals surface area contributed by atoms with E-state index in [0.29, 0.717) is 19.3 Å². The van der Waals surface area contributed by atoms with Gasteiger partial charge in [-0.2, -0.15) is 0 Å². The number of carbonyl (C=O) groups excluding carboxylic acids is 1. The van der Waals surface area contributed by atoms with Gasteiger partial charge in [0.2, 0.25) is 15.9 Å². The lowest BCUT2D eigenvalue weighted by Gasteiger charge is -2.49. The number of rotatable bonds is 4. The highest BCUT2D eigenvalue weighted by molar-refractivity contribution is 7.88. The SMILES string of the molecule is CS(=O)(=O)NC1C[C@H]2CCC[C@@H](C1)N2C(=O)Cc1ccncc1. The first kappa shape index (κ1) is 16.4. The molecule has 0 radical (unpaired) electrons. The Labute approximate surface area is 137 Å². The second-order valence-corrected chi connectivity index (χ2v) is 8.41. The second kappa shape index (κ2) is 6.57. The van der Waals surface area contributed by atoms with E-state index in [2.05, 4.69) is 9.71 Å². The quantitative estimate of drug-likeness (QED) is 0.892. The molecule has 3 atom stereocenters. The van der Waals surface area contributed by atoms with Crippen molar-refractivity contribution in [2.75, 3.05) is 6.26 Å². The summed E-state index contributed by atoms with van der Waals surface area (Å²) in [6.07, 6.45) is 9.44. The van der Waals surface area contributed by atoms with E-state index in [0.717, 1.165) is 24.8 Å². The fourth-order valence-electron chi connectivity index (χ4n) is 3.95. The van der Waals surface area contributed by atoms with Gasteiger partial charge in [-0.05, 0) is 49.8 Å². The van der Waals surface area contributed by atoms with Gasteiger partial charge in [-0.25, -0.2) is 13.1 Å². The van der Waals surface area contributed by atoms with Gasteiger partial charge in [0.15, 0.2) is 0 Å². The highest BCUT2D eigenvalue weighted by Gasteiger charge is 2.41. The minimum Gasteiger partial charge on any atom is -0.336 e. The Morgan fingerprint density at radius 2 is 1.87 bits per heavy atom. The lowest BCUT2D eigenvalue weighted by molar-refractivity contribution is -0.140. The van der Waals surface area contributed by atoms with Crippen LogP contribution in [0.2, 0.25) is 0 Å². The first-order chi connectivity index (χ1) is 10.9. The van der Waals surface area contributed by atoms with Crippen LogP contribution in [0.1, 0.15) is 37.7 Å². The van der Waals surface area contributed by atoms with Crippen molar-refractivity contribution in [1.29, 1.82) is 0 Å². The molecule has 1 aromatic heterocycles. The lowest BCUT2D eigenvalue weighted by atomic mass is 9.81. The summed E-state index contributed by atoms with van der Waals surface area (Å²) in [6.45, 7) is 0. The van der Waals surface area contributed by atoms with Crippen molar-refractivity contribution in [2.24, 2.45) is 0 Å². The average Bonchev–Trinajstić information content (AvgIpc) is 2.45. The Morgan fingerprint density at radius 3 is 2.43 bits per heavy atom. The number of piperidine rings is 2. The van der Waals surface area contributed by atoms with Crippen LogP contribution in [-0.4, -0.2) is 48.6 Å². The van der Waals surface area contributed by atoms with Crippen LogP contribution < -0.4 is 4.72 Å². The van der Waals surface area contributed by atoms with E-state index in [-0.39, 0.29) is 24.0 Å². The van der Waals surface area contributed by atoms with E-state index in [1.165, 1.54) is 6.26 Å². The van der Waals surface area contributed by atoms with Crippen LogP contribution >= 0.6 is 0 Å². The second-order valence-electron chi connectivity index (χ2n) is 6.63. The number of amides is 1. The van der Waals surface area contributed by atoms with Crippen molar-refractivity contribution in [3.8, 4) is 0 Å². The molecular weight excluding hydrogens is 314 g/mol. The van der Waals surface area contributed by atoms with Gasteiger partial charge in [-0.15, -0.1) is 0 Å². The van der Waals surface area contributed by atoms with Crippen LogP contribution in [0.15, 0.2) is 24.5 Å². The highest BCUT2D eigenvalue weighted by atomic mass is 32.2. The first-order valence-electron chi connectivity index (χ1n) is 8.10. The minimum absolute atomic E-state index is 0.0507. The van der Waals surface area contributed by atoms with Gasteiger partial charge in [-0.3, -0.25) is 9.78 Å². The molecule has 23 heavy (non-hydrogen) atoms. The number of pyridine rings is 1. The molecule has 2 aliphatic rings. The van der Waals surface area contributed by atoms with Crippen molar-refractivity contribution in [2.45, 2.75) is 56.7 Å². The summed E-state index contributed by atoms with van der Waals surface area (Å²) < 4.78 is 25.7. The van der Waals surface area contributed by atoms with Crippen molar-refractivity contribution >= 4 is 15.9 Å². The van der Waals surface area contributed by atoms with Crippen molar-refractivity contribution < 1.29 is 13.2 Å². The largest absolute Gasteiger partial charge is 0.336 e. The third kappa shape index (κ3) is 4.09. The Kier molecular flexibility index (Phi) is 4.68. The molecule has 0 spiro atoms. The fourth-order valence-corrected chi connectivity index (χ4v) is 4.75. The van der Waals surface area contributed by atoms with Gasteiger partial charge in [0.05, 0.1) is 12.7 Å². The minimum atomic E-state index is -3.20. The molecule has 0 aliphatic carbocycles. The monoisotopic (exact) mass is 337 g/mol. The van der Waals surface area contributed by atoms with Crippen LogP contribution in [0.4, 0.5) is 0 Å². The van der Waals surface area contributed by atoms with Crippen molar-refractivity contribution in [3.63, 3.8) is 0 Å². The average molecular weight is 337 g/mol. The zero-order valence-corrected chi connectivity index (χ0v) is 14.1. The number of carbonyl (C=O) groups is 1. The smallest absolute Gasteiger partial charge is 0.227 e. The van der Waals surface area contributed by atoms with Crippen molar-refractivity contribution in [1.82, 2.24) is 14.6 Å². The molecule has 2 bridgehead atoms. The van der Waals surface area contributed by atoms with Crippen LogP contribution in [0.5, 0.6) is 0 Å². The summed E-state index contributed by atoms with van der Waals surface area (Å²) in [5.41, 5.74) is 0.972. The summed E-state index contributed by atoms with van der Waals surface area (Å²) in [6, 6.07) is 3.98. The first-order valence-corrected chi connectivity index (χ1v) is 9.99. The molecule has 2 fully saturated rings. The number of hydrogen-bond donors (Lipinski definition) is 1. The molecule has 1 unspecified atom stereocenters. The Bertz CT molecular complexity index is 648. The zero-order valence-electron chi connectivity index (χ0n) is 13.3. The molecule has 1 aromatic rings. The standard InChI is InChI=1S/C16H23N3O3S/c1-23(21,22)18-13-10-14-3-2-4-15(11-13)19(14)16(20)9-12-5-7-17-8-6-12/h5-8,13-15,18H,2-4,9-11H2,1H3/t13?,14-,15+. The zero-order chi connectivity index (χ0) is 16.4. The molecule has 1 amide bonds. The number of nitrogens with zero attached hydrogens (tertiary/aromatic N) is 2. The maximum atomic E-state index is 12.7.